The molecule has 0 saturated heterocycles. The lowest BCUT2D eigenvalue weighted by molar-refractivity contribution is -0.121. The third-order valence-corrected chi connectivity index (χ3v) is 4.20. The molecule has 0 bridgehead atoms. The SMILES string of the molecule is Cc1cccc2cc(CNC(=O)CCCOc3ccccc3)c(=O)[nH]c12. The zero-order chi connectivity index (χ0) is 18.4. The van der Waals surface area contributed by atoms with Crippen molar-refractivity contribution >= 4 is 16.8 Å². The second-order valence-corrected chi connectivity index (χ2v) is 6.20. The van der Waals surface area contributed by atoms with Crippen molar-refractivity contribution in [3.05, 3.63) is 76.1 Å². The van der Waals surface area contributed by atoms with Crippen molar-refractivity contribution < 1.29 is 9.53 Å². The van der Waals surface area contributed by atoms with Gasteiger partial charge in [0.25, 0.3) is 5.56 Å². The van der Waals surface area contributed by atoms with Crippen LogP contribution in [0.3, 0.4) is 0 Å². The summed E-state index contributed by atoms with van der Waals surface area (Å²) in [5.74, 6) is 0.705. The number of aromatic nitrogens is 1. The smallest absolute Gasteiger partial charge is 0.253 e. The number of aryl methyl sites for hydroxylation is 1. The Morgan fingerprint density at radius 2 is 1.92 bits per heavy atom. The third-order valence-electron chi connectivity index (χ3n) is 4.20. The standard InChI is InChI=1S/C21H22N2O3/c1-15-7-5-8-16-13-17(21(25)23-20(15)16)14-22-19(24)11-6-12-26-18-9-3-2-4-10-18/h2-5,7-10,13H,6,11-12,14H2,1H3,(H,22,24)(H,23,25). The molecule has 134 valence electrons. The van der Waals surface area contributed by atoms with E-state index in [0.29, 0.717) is 25.0 Å². The molecule has 0 unspecified atom stereocenters. The summed E-state index contributed by atoms with van der Waals surface area (Å²) in [6.07, 6.45) is 0.978. The molecule has 1 heterocycles. The molecule has 0 aliphatic rings. The highest BCUT2D eigenvalue weighted by atomic mass is 16.5. The number of nitrogens with one attached hydrogen (secondary N) is 2. The zero-order valence-corrected chi connectivity index (χ0v) is 14.7. The van der Waals surface area contributed by atoms with Crippen LogP contribution >= 0.6 is 0 Å². The minimum Gasteiger partial charge on any atom is -0.494 e. The first-order valence-corrected chi connectivity index (χ1v) is 8.69. The number of carbonyl (C=O) groups is 1. The average Bonchev–Trinajstić information content (AvgIpc) is 2.65. The van der Waals surface area contributed by atoms with Crippen molar-refractivity contribution in [1.29, 1.82) is 0 Å². The van der Waals surface area contributed by atoms with Crippen LogP contribution in [0.4, 0.5) is 0 Å². The lowest BCUT2D eigenvalue weighted by atomic mass is 10.1. The zero-order valence-electron chi connectivity index (χ0n) is 14.7. The van der Waals surface area contributed by atoms with Gasteiger partial charge in [0.1, 0.15) is 5.75 Å². The second kappa shape index (κ2) is 8.34. The van der Waals surface area contributed by atoms with Crippen molar-refractivity contribution in [3.8, 4) is 5.75 Å². The molecular weight excluding hydrogens is 328 g/mol. The van der Waals surface area contributed by atoms with Crippen LogP contribution < -0.4 is 15.6 Å². The second-order valence-electron chi connectivity index (χ2n) is 6.20. The van der Waals surface area contributed by atoms with Crippen LogP contribution in [0.5, 0.6) is 5.75 Å². The van der Waals surface area contributed by atoms with Crippen molar-refractivity contribution in [3.63, 3.8) is 0 Å². The number of ether oxygens (including phenoxy) is 1. The molecule has 0 saturated carbocycles. The molecule has 0 fully saturated rings. The number of para-hydroxylation sites is 2. The molecule has 26 heavy (non-hydrogen) atoms. The molecule has 0 spiro atoms. The highest BCUT2D eigenvalue weighted by molar-refractivity contribution is 5.82. The largest absolute Gasteiger partial charge is 0.494 e. The fourth-order valence-electron chi connectivity index (χ4n) is 2.78. The number of benzene rings is 2. The van der Waals surface area contributed by atoms with Gasteiger partial charge in [0, 0.05) is 18.5 Å². The molecule has 1 aromatic heterocycles. The lowest BCUT2D eigenvalue weighted by Gasteiger charge is -2.08. The van der Waals surface area contributed by atoms with Crippen LogP contribution in [-0.2, 0) is 11.3 Å². The fraction of sp³-hybridized carbons (Fsp3) is 0.238. The Bertz CT molecular complexity index is 948. The summed E-state index contributed by atoms with van der Waals surface area (Å²) >= 11 is 0. The minimum absolute atomic E-state index is 0.0922. The van der Waals surface area contributed by atoms with E-state index in [4.69, 9.17) is 4.74 Å². The van der Waals surface area contributed by atoms with Gasteiger partial charge in [-0.3, -0.25) is 9.59 Å². The van der Waals surface area contributed by atoms with E-state index in [2.05, 4.69) is 10.3 Å². The van der Waals surface area contributed by atoms with E-state index < -0.39 is 0 Å². The molecule has 2 N–H and O–H groups in total. The third kappa shape index (κ3) is 4.51. The molecule has 0 radical (unpaired) electrons. The predicted molar refractivity (Wildman–Crippen MR) is 102 cm³/mol. The number of carbonyl (C=O) groups excluding carboxylic acids is 1. The summed E-state index contributed by atoms with van der Waals surface area (Å²) < 4.78 is 5.56. The van der Waals surface area contributed by atoms with Crippen LogP contribution in [-0.4, -0.2) is 17.5 Å². The Morgan fingerprint density at radius 1 is 1.12 bits per heavy atom. The van der Waals surface area contributed by atoms with Gasteiger partial charge in [-0.25, -0.2) is 0 Å². The van der Waals surface area contributed by atoms with Crippen LogP contribution in [0.2, 0.25) is 0 Å². The van der Waals surface area contributed by atoms with E-state index in [-0.39, 0.29) is 18.0 Å². The molecule has 2 aromatic carbocycles. The number of hydrogen-bond acceptors (Lipinski definition) is 3. The maximum Gasteiger partial charge on any atom is 0.253 e. The number of fused-ring (bicyclic) bond motifs is 1. The highest BCUT2D eigenvalue weighted by Crippen LogP contribution is 2.15. The van der Waals surface area contributed by atoms with E-state index in [1.165, 1.54) is 0 Å². The van der Waals surface area contributed by atoms with E-state index in [0.717, 1.165) is 22.2 Å². The van der Waals surface area contributed by atoms with Gasteiger partial charge in [0.05, 0.1) is 12.1 Å². The first kappa shape index (κ1) is 17.7. The molecular formula is C21H22N2O3. The summed E-state index contributed by atoms with van der Waals surface area (Å²) in [4.78, 5) is 27.1. The summed E-state index contributed by atoms with van der Waals surface area (Å²) in [6.45, 7) is 2.65. The Hall–Kier alpha value is -3.08. The quantitative estimate of drug-likeness (QED) is 0.642. The van der Waals surface area contributed by atoms with Crippen molar-refractivity contribution in [2.45, 2.75) is 26.3 Å². The topological polar surface area (TPSA) is 71.2 Å². The Balaban J connectivity index is 1.49. The molecule has 3 aromatic rings. The lowest BCUT2D eigenvalue weighted by Crippen LogP contribution is -2.26. The van der Waals surface area contributed by atoms with Crippen LogP contribution in [0.1, 0.15) is 24.0 Å². The van der Waals surface area contributed by atoms with Gasteiger partial charge < -0.3 is 15.0 Å². The first-order valence-electron chi connectivity index (χ1n) is 8.69. The number of rotatable bonds is 7. The summed E-state index contributed by atoms with van der Waals surface area (Å²) in [6, 6.07) is 17.2. The van der Waals surface area contributed by atoms with Crippen molar-refractivity contribution in [2.24, 2.45) is 0 Å². The average molecular weight is 350 g/mol. The van der Waals surface area contributed by atoms with E-state index in [9.17, 15) is 9.59 Å². The van der Waals surface area contributed by atoms with Crippen molar-refractivity contribution in [1.82, 2.24) is 10.3 Å². The van der Waals surface area contributed by atoms with Crippen LogP contribution in [0, 0.1) is 6.92 Å². The number of hydrogen-bond donors (Lipinski definition) is 2. The monoisotopic (exact) mass is 350 g/mol. The Morgan fingerprint density at radius 3 is 2.73 bits per heavy atom. The number of aromatic amines is 1. The molecule has 1 amide bonds. The fourth-order valence-corrected chi connectivity index (χ4v) is 2.78. The maximum atomic E-state index is 12.2. The minimum atomic E-state index is -0.167. The number of amides is 1. The van der Waals surface area contributed by atoms with Crippen LogP contribution in [0.25, 0.3) is 10.9 Å². The Labute approximate surface area is 152 Å². The van der Waals surface area contributed by atoms with Gasteiger partial charge >= 0.3 is 0 Å². The predicted octanol–water partition coefficient (Wildman–Crippen LogP) is 3.31. The molecule has 3 rings (SSSR count). The van der Waals surface area contributed by atoms with Gasteiger partial charge in [-0.15, -0.1) is 0 Å². The van der Waals surface area contributed by atoms with E-state index >= 15 is 0 Å². The summed E-state index contributed by atoms with van der Waals surface area (Å²) in [5.41, 5.74) is 2.25. The molecule has 5 heteroatoms. The van der Waals surface area contributed by atoms with Crippen molar-refractivity contribution in [2.75, 3.05) is 6.61 Å². The van der Waals surface area contributed by atoms with Gasteiger partial charge in [0.15, 0.2) is 0 Å². The maximum absolute atomic E-state index is 12.2. The highest BCUT2D eigenvalue weighted by Gasteiger charge is 2.07. The van der Waals surface area contributed by atoms with Gasteiger partial charge in [-0.1, -0.05) is 36.4 Å². The Kier molecular flexibility index (Phi) is 5.69. The number of H-pyrrole nitrogens is 1. The summed E-state index contributed by atoms with van der Waals surface area (Å²) in [5, 5.41) is 3.77. The molecule has 0 aliphatic heterocycles. The molecule has 5 nitrogen and oxygen atoms in total. The normalized spacial score (nSPS) is 10.7. The number of pyridine rings is 1. The van der Waals surface area contributed by atoms with E-state index in [1.54, 1.807) is 0 Å². The molecule has 0 atom stereocenters. The molecule has 0 aliphatic carbocycles. The van der Waals surface area contributed by atoms with Gasteiger partial charge in [-0.05, 0) is 42.5 Å². The van der Waals surface area contributed by atoms with E-state index in [1.807, 2.05) is 61.5 Å². The first-order chi connectivity index (χ1) is 12.6. The van der Waals surface area contributed by atoms with Gasteiger partial charge in [0.2, 0.25) is 5.91 Å². The van der Waals surface area contributed by atoms with Gasteiger partial charge in [-0.2, -0.15) is 0 Å². The van der Waals surface area contributed by atoms with Crippen LogP contribution in [0.15, 0.2) is 59.4 Å². The summed E-state index contributed by atoms with van der Waals surface area (Å²) in [7, 11) is 0.